The van der Waals surface area contributed by atoms with Crippen LogP contribution in [0.3, 0.4) is 0 Å². The molecule has 1 fully saturated rings. The van der Waals surface area contributed by atoms with Gasteiger partial charge in [-0.1, -0.05) is 12.1 Å². The summed E-state index contributed by atoms with van der Waals surface area (Å²) in [7, 11) is 0. The lowest BCUT2D eigenvalue weighted by Gasteiger charge is -2.13. The Balaban J connectivity index is 2.04. The van der Waals surface area contributed by atoms with Gasteiger partial charge in [0.15, 0.2) is 0 Å². The number of ether oxygens (including phenoxy) is 2. The lowest BCUT2D eigenvalue weighted by molar-refractivity contribution is -0.124. The molecule has 17 heavy (non-hydrogen) atoms. The van der Waals surface area contributed by atoms with E-state index in [1.54, 1.807) is 0 Å². The summed E-state index contributed by atoms with van der Waals surface area (Å²) >= 11 is 0. The van der Waals surface area contributed by atoms with E-state index in [0.29, 0.717) is 24.7 Å². The van der Waals surface area contributed by atoms with Crippen LogP contribution in [-0.4, -0.2) is 25.2 Å². The first kappa shape index (κ1) is 11.9. The Bertz CT molecular complexity index is 386. The molecule has 1 atom stereocenters. The minimum atomic E-state index is -0.315. The molecule has 1 unspecified atom stereocenters. The highest BCUT2D eigenvalue weighted by Crippen LogP contribution is 2.24. The fourth-order valence-corrected chi connectivity index (χ4v) is 1.85. The highest BCUT2D eigenvalue weighted by atomic mass is 16.5. The van der Waals surface area contributed by atoms with Crippen LogP contribution in [0.5, 0.6) is 5.75 Å². The fourth-order valence-electron chi connectivity index (χ4n) is 1.85. The highest BCUT2D eigenvalue weighted by molar-refractivity contribution is 5.95. The van der Waals surface area contributed by atoms with E-state index in [1.165, 1.54) is 0 Å². The number of amides is 1. The largest absolute Gasteiger partial charge is 0.492 e. The maximum absolute atomic E-state index is 11.9. The van der Waals surface area contributed by atoms with Gasteiger partial charge in [0.2, 0.25) is 0 Å². The maximum atomic E-state index is 11.9. The van der Waals surface area contributed by atoms with E-state index in [1.807, 2.05) is 31.2 Å². The van der Waals surface area contributed by atoms with Gasteiger partial charge in [-0.2, -0.15) is 0 Å². The predicted molar refractivity (Wildman–Crippen MR) is 65.2 cm³/mol. The van der Waals surface area contributed by atoms with E-state index in [2.05, 4.69) is 5.32 Å². The molecule has 4 nitrogen and oxygen atoms in total. The maximum Gasteiger partial charge on any atom is 0.253 e. The Morgan fingerprint density at radius 3 is 3.06 bits per heavy atom. The number of carbonyl (C=O) groups excluding carboxylic acids is 1. The molecule has 1 saturated heterocycles. The smallest absolute Gasteiger partial charge is 0.253 e. The van der Waals surface area contributed by atoms with Crippen LogP contribution in [-0.2, 0) is 9.53 Å². The Morgan fingerprint density at radius 2 is 2.35 bits per heavy atom. The average molecular weight is 235 g/mol. The van der Waals surface area contributed by atoms with Crippen molar-refractivity contribution in [3.05, 3.63) is 24.3 Å². The minimum Gasteiger partial charge on any atom is -0.492 e. The second-order valence-corrected chi connectivity index (χ2v) is 3.92. The average Bonchev–Trinajstić information content (AvgIpc) is 2.85. The van der Waals surface area contributed by atoms with Crippen molar-refractivity contribution >= 4 is 11.6 Å². The summed E-state index contributed by atoms with van der Waals surface area (Å²) in [5.41, 5.74) is 0.704. The first-order valence-corrected chi connectivity index (χ1v) is 5.95. The van der Waals surface area contributed by atoms with Crippen LogP contribution < -0.4 is 10.1 Å². The summed E-state index contributed by atoms with van der Waals surface area (Å²) < 4.78 is 10.8. The SMILES string of the molecule is CCOc1ccccc1NC(=O)C1CCCO1. The number of hydrogen-bond acceptors (Lipinski definition) is 3. The van der Waals surface area contributed by atoms with E-state index in [-0.39, 0.29) is 12.0 Å². The summed E-state index contributed by atoms with van der Waals surface area (Å²) in [6.07, 6.45) is 1.43. The molecule has 1 N–H and O–H groups in total. The molecule has 1 heterocycles. The Hall–Kier alpha value is -1.55. The van der Waals surface area contributed by atoms with Gasteiger partial charge in [0.1, 0.15) is 11.9 Å². The molecule has 1 aromatic rings. The van der Waals surface area contributed by atoms with Crippen LogP contribution in [0, 0.1) is 0 Å². The molecule has 1 aromatic carbocycles. The zero-order valence-electron chi connectivity index (χ0n) is 9.94. The van der Waals surface area contributed by atoms with Crippen LogP contribution in [0.1, 0.15) is 19.8 Å². The fraction of sp³-hybridized carbons (Fsp3) is 0.462. The van der Waals surface area contributed by atoms with E-state index in [0.717, 1.165) is 12.8 Å². The van der Waals surface area contributed by atoms with Crippen molar-refractivity contribution in [3.63, 3.8) is 0 Å². The molecule has 0 spiro atoms. The Morgan fingerprint density at radius 1 is 1.53 bits per heavy atom. The van der Waals surface area contributed by atoms with Crippen molar-refractivity contribution in [2.45, 2.75) is 25.9 Å². The van der Waals surface area contributed by atoms with Crippen LogP contribution in [0.4, 0.5) is 5.69 Å². The number of hydrogen-bond donors (Lipinski definition) is 1. The molecule has 2 rings (SSSR count). The van der Waals surface area contributed by atoms with E-state index >= 15 is 0 Å². The van der Waals surface area contributed by atoms with Crippen molar-refractivity contribution < 1.29 is 14.3 Å². The molecule has 0 radical (unpaired) electrons. The second-order valence-electron chi connectivity index (χ2n) is 3.92. The lowest BCUT2D eigenvalue weighted by Crippen LogP contribution is -2.27. The van der Waals surface area contributed by atoms with Crippen LogP contribution in [0.25, 0.3) is 0 Å². The van der Waals surface area contributed by atoms with E-state index in [4.69, 9.17) is 9.47 Å². The van der Waals surface area contributed by atoms with Gasteiger partial charge in [-0.3, -0.25) is 4.79 Å². The van der Waals surface area contributed by atoms with Gasteiger partial charge in [-0.15, -0.1) is 0 Å². The quantitative estimate of drug-likeness (QED) is 0.870. The number of para-hydroxylation sites is 2. The molecule has 0 aromatic heterocycles. The summed E-state index contributed by atoms with van der Waals surface area (Å²) in [6, 6.07) is 7.42. The van der Waals surface area contributed by atoms with Gasteiger partial charge in [0.25, 0.3) is 5.91 Å². The van der Waals surface area contributed by atoms with E-state index in [9.17, 15) is 4.79 Å². The molecule has 1 aliphatic heterocycles. The van der Waals surface area contributed by atoms with Gasteiger partial charge in [-0.05, 0) is 31.9 Å². The summed E-state index contributed by atoms with van der Waals surface area (Å²) in [5.74, 6) is 0.607. The summed E-state index contributed by atoms with van der Waals surface area (Å²) in [4.78, 5) is 11.9. The van der Waals surface area contributed by atoms with Crippen molar-refractivity contribution in [3.8, 4) is 5.75 Å². The van der Waals surface area contributed by atoms with Crippen LogP contribution in [0.15, 0.2) is 24.3 Å². The van der Waals surface area contributed by atoms with Crippen molar-refractivity contribution in [1.29, 1.82) is 0 Å². The predicted octanol–water partition coefficient (Wildman–Crippen LogP) is 2.20. The lowest BCUT2D eigenvalue weighted by atomic mass is 10.2. The Kier molecular flexibility index (Phi) is 3.98. The second kappa shape index (κ2) is 5.68. The van der Waals surface area contributed by atoms with Crippen LogP contribution in [0.2, 0.25) is 0 Å². The molecule has 1 amide bonds. The topological polar surface area (TPSA) is 47.6 Å². The molecule has 0 saturated carbocycles. The van der Waals surface area contributed by atoms with Gasteiger partial charge >= 0.3 is 0 Å². The molecule has 0 aliphatic carbocycles. The molecule has 1 aliphatic rings. The number of nitrogens with one attached hydrogen (secondary N) is 1. The van der Waals surface area contributed by atoms with Gasteiger partial charge in [0.05, 0.1) is 12.3 Å². The molecule has 4 heteroatoms. The number of carbonyl (C=O) groups is 1. The molecule has 0 bridgehead atoms. The molecular formula is C13H17NO3. The zero-order valence-corrected chi connectivity index (χ0v) is 9.94. The molecular weight excluding hydrogens is 218 g/mol. The third-order valence-electron chi connectivity index (χ3n) is 2.67. The van der Waals surface area contributed by atoms with Crippen molar-refractivity contribution in [2.24, 2.45) is 0 Å². The first-order chi connectivity index (χ1) is 8.31. The monoisotopic (exact) mass is 235 g/mol. The van der Waals surface area contributed by atoms with Gasteiger partial charge in [-0.25, -0.2) is 0 Å². The van der Waals surface area contributed by atoms with Gasteiger partial charge in [0, 0.05) is 6.61 Å². The summed E-state index contributed by atoms with van der Waals surface area (Å²) in [6.45, 7) is 3.16. The Labute approximate surface area is 101 Å². The highest BCUT2D eigenvalue weighted by Gasteiger charge is 2.24. The first-order valence-electron chi connectivity index (χ1n) is 5.95. The van der Waals surface area contributed by atoms with E-state index < -0.39 is 0 Å². The molecule has 92 valence electrons. The standard InChI is InChI=1S/C13H17NO3/c1-2-16-11-7-4-3-6-10(11)14-13(15)12-8-5-9-17-12/h3-4,6-7,12H,2,5,8-9H2,1H3,(H,14,15). The van der Waals surface area contributed by atoms with Crippen molar-refractivity contribution in [2.75, 3.05) is 18.5 Å². The third-order valence-corrected chi connectivity index (χ3v) is 2.67. The zero-order chi connectivity index (χ0) is 12.1. The third kappa shape index (κ3) is 2.97. The van der Waals surface area contributed by atoms with Crippen LogP contribution >= 0.6 is 0 Å². The number of rotatable bonds is 4. The normalized spacial score (nSPS) is 19.0. The number of benzene rings is 1. The number of anilines is 1. The van der Waals surface area contributed by atoms with Gasteiger partial charge < -0.3 is 14.8 Å². The van der Waals surface area contributed by atoms with Crippen molar-refractivity contribution in [1.82, 2.24) is 0 Å². The minimum absolute atomic E-state index is 0.0883. The summed E-state index contributed by atoms with van der Waals surface area (Å²) in [5, 5.41) is 2.85.